The largest absolute Gasteiger partial charge is 0.507 e. The van der Waals surface area contributed by atoms with Crippen molar-refractivity contribution in [1.82, 2.24) is 0 Å². The van der Waals surface area contributed by atoms with Crippen LogP contribution in [0.15, 0.2) is 51.9 Å². The van der Waals surface area contributed by atoms with Gasteiger partial charge < -0.3 is 44.2 Å². The summed E-state index contributed by atoms with van der Waals surface area (Å²) < 4.78 is 21.2. The van der Waals surface area contributed by atoms with Gasteiger partial charge in [0.15, 0.2) is 6.79 Å². The molecule has 2 unspecified atom stereocenters. The number of hydrogen-bond donors (Lipinski definition) is 5. The minimum atomic E-state index is -1.53. The average Bonchev–Trinajstić information content (AvgIpc) is 2.81. The van der Waals surface area contributed by atoms with Gasteiger partial charge in [-0.15, -0.1) is 0 Å². The van der Waals surface area contributed by atoms with Crippen molar-refractivity contribution >= 4 is 11.0 Å². The molecular formula is C22H24O10. The Morgan fingerprint density at radius 2 is 1.75 bits per heavy atom. The van der Waals surface area contributed by atoms with Gasteiger partial charge in [0.2, 0.25) is 5.43 Å². The molecule has 0 amide bonds. The van der Waals surface area contributed by atoms with Crippen LogP contribution in [0.5, 0.6) is 17.2 Å². The molecule has 0 fully saturated rings. The zero-order chi connectivity index (χ0) is 23.3. The van der Waals surface area contributed by atoms with Crippen LogP contribution in [0.4, 0.5) is 0 Å². The van der Waals surface area contributed by atoms with Gasteiger partial charge in [0.1, 0.15) is 52.8 Å². The topological polar surface area (TPSA) is 159 Å². The normalized spacial score (nSPS) is 14.2. The second kappa shape index (κ2) is 10.4. The number of hydrogen-bond acceptors (Lipinski definition) is 10. The average molecular weight is 448 g/mol. The molecule has 0 aliphatic rings. The van der Waals surface area contributed by atoms with Crippen LogP contribution in [-0.4, -0.2) is 71.0 Å². The van der Waals surface area contributed by atoms with Crippen LogP contribution < -0.4 is 14.9 Å². The number of rotatable bonds is 10. The van der Waals surface area contributed by atoms with Crippen LogP contribution in [0.25, 0.3) is 22.1 Å². The standard InChI is InChI=1S/C22H24O10/c1-29-13-4-2-12(3-5-13)15-10-30-18-7-14(6-16(25)20(18)21(15)27)31-11-32-19(9-24)22(28)17(26)8-23/h2-7,10,17,19,22-26,28H,8-9,11H2,1H3/t17?,19?,22-/m0/s1. The van der Waals surface area contributed by atoms with Crippen LogP contribution in [0.1, 0.15) is 0 Å². The van der Waals surface area contributed by atoms with Crippen LogP contribution in [0.2, 0.25) is 0 Å². The Morgan fingerprint density at radius 3 is 2.38 bits per heavy atom. The number of phenolic OH excluding ortho intramolecular Hbond substituents is 1. The molecule has 0 spiro atoms. The van der Waals surface area contributed by atoms with Crippen molar-refractivity contribution in [1.29, 1.82) is 0 Å². The molecular weight excluding hydrogens is 424 g/mol. The van der Waals surface area contributed by atoms with Gasteiger partial charge in [-0.3, -0.25) is 4.79 Å². The summed E-state index contributed by atoms with van der Waals surface area (Å²) in [5.74, 6) is 0.368. The molecule has 2 aromatic carbocycles. The summed E-state index contributed by atoms with van der Waals surface area (Å²) in [5, 5.41) is 47.7. The van der Waals surface area contributed by atoms with Crippen molar-refractivity contribution in [2.24, 2.45) is 0 Å². The first kappa shape index (κ1) is 23.5. The van der Waals surface area contributed by atoms with Gasteiger partial charge in [0.05, 0.1) is 25.9 Å². The summed E-state index contributed by atoms with van der Waals surface area (Å²) in [6.45, 7) is -1.80. The molecule has 5 N–H and O–H groups in total. The first-order chi connectivity index (χ1) is 15.4. The van der Waals surface area contributed by atoms with E-state index >= 15 is 0 Å². The van der Waals surface area contributed by atoms with Crippen LogP contribution in [-0.2, 0) is 4.74 Å². The van der Waals surface area contributed by atoms with Gasteiger partial charge >= 0.3 is 0 Å². The number of aromatic hydroxyl groups is 1. The van der Waals surface area contributed by atoms with Crippen LogP contribution in [0.3, 0.4) is 0 Å². The highest BCUT2D eigenvalue weighted by Crippen LogP contribution is 2.30. The van der Waals surface area contributed by atoms with E-state index in [1.165, 1.54) is 25.5 Å². The van der Waals surface area contributed by atoms with Gasteiger partial charge in [0.25, 0.3) is 0 Å². The van der Waals surface area contributed by atoms with Crippen molar-refractivity contribution in [2.75, 3.05) is 27.1 Å². The molecule has 172 valence electrons. The Kier molecular flexibility index (Phi) is 7.67. The van der Waals surface area contributed by atoms with Crippen molar-refractivity contribution in [3.05, 3.63) is 52.9 Å². The number of benzene rings is 2. The number of methoxy groups -OCH3 is 1. The number of ether oxygens (including phenoxy) is 3. The Balaban J connectivity index is 1.79. The Hall–Kier alpha value is -3.15. The van der Waals surface area contributed by atoms with E-state index in [9.17, 15) is 25.2 Å². The highest BCUT2D eigenvalue weighted by Gasteiger charge is 2.26. The highest BCUT2D eigenvalue weighted by atomic mass is 16.7. The molecule has 1 aromatic heterocycles. The molecule has 1 heterocycles. The third kappa shape index (κ3) is 5.01. The van der Waals surface area contributed by atoms with Gasteiger partial charge in [0, 0.05) is 12.1 Å². The predicted molar refractivity (Wildman–Crippen MR) is 113 cm³/mol. The smallest absolute Gasteiger partial charge is 0.204 e. The summed E-state index contributed by atoms with van der Waals surface area (Å²) >= 11 is 0. The summed E-state index contributed by atoms with van der Waals surface area (Å²) in [7, 11) is 1.53. The number of phenols is 1. The van der Waals surface area contributed by atoms with E-state index in [2.05, 4.69) is 0 Å². The Bertz CT molecular complexity index is 1090. The molecule has 3 atom stereocenters. The number of fused-ring (bicyclic) bond motifs is 1. The van der Waals surface area contributed by atoms with E-state index in [0.717, 1.165) is 0 Å². The lowest BCUT2D eigenvalue weighted by molar-refractivity contribution is -0.142. The SMILES string of the molecule is COc1ccc(-c2coc3cc(OCOC(CO)[C@@H](O)C(O)CO)cc(O)c3c2=O)cc1. The lowest BCUT2D eigenvalue weighted by Gasteiger charge is -2.24. The second-order valence-electron chi connectivity index (χ2n) is 6.91. The Morgan fingerprint density at radius 1 is 1.03 bits per heavy atom. The number of aliphatic hydroxyl groups is 4. The van der Waals surface area contributed by atoms with Crippen molar-refractivity contribution in [3.63, 3.8) is 0 Å². The molecule has 0 saturated carbocycles. The Labute approximate surface area is 182 Å². The maximum Gasteiger partial charge on any atom is 0.204 e. The highest BCUT2D eigenvalue weighted by molar-refractivity contribution is 5.88. The first-order valence-electron chi connectivity index (χ1n) is 9.64. The van der Waals surface area contributed by atoms with Gasteiger partial charge in [-0.25, -0.2) is 0 Å². The van der Waals surface area contributed by atoms with E-state index < -0.39 is 43.7 Å². The fraction of sp³-hybridized carbons (Fsp3) is 0.318. The molecule has 10 heteroatoms. The quantitative estimate of drug-likeness (QED) is 0.278. The minimum absolute atomic E-state index is 0.0266. The van der Waals surface area contributed by atoms with Gasteiger partial charge in [-0.2, -0.15) is 0 Å². The van der Waals surface area contributed by atoms with Crippen molar-refractivity contribution in [3.8, 4) is 28.4 Å². The van der Waals surface area contributed by atoms with E-state index in [1.807, 2.05) is 0 Å². The van der Waals surface area contributed by atoms with Crippen LogP contribution in [0, 0.1) is 0 Å². The van der Waals surface area contributed by atoms with E-state index in [4.69, 9.17) is 23.7 Å². The zero-order valence-electron chi connectivity index (χ0n) is 17.2. The summed E-state index contributed by atoms with van der Waals surface area (Å²) in [6, 6.07) is 9.38. The molecule has 0 radical (unpaired) electrons. The van der Waals surface area contributed by atoms with Crippen molar-refractivity contribution in [2.45, 2.75) is 18.3 Å². The lowest BCUT2D eigenvalue weighted by atomic mass is 10.0. The fourth-order valence-electron chi connectivity index (χ4n) is 3.07. The fourth-order valence-corrected chi connectivity index (χ4v) is 3.07. The third-order valence-corrected chi connectivity index (χ3v) is 4.88. The van der Waals surface area contributed by atoms with E-state index in [1.54, 1.807) is 24.3 Å². The molecule has 0 bridgehead atoms. The second-order valence-corrected chi connectivity index (χ2v) is 6.91. The maximum absolute atomic E-state index is 12.9. The number of aliphatic hydroxyl groups excluding tert-OH is 4. The van der Waals surface area contributed by atoms with Gasteiger partial charge in [-0.1, -0.05) is 12.1 Å². The van der Waals surface area contributed by atoms with Gasteiger partial charge in [-0.05, 0) is 17.7 Å². The molecule has 3 aromatic rings. The zero-order valence-corrected chi connectivity index (χ0v) is 17.2. The van der Waals surface area contributed by atoms with E-state index in [0.29, 0.717) is 11.3 Å². The first-order valence-corrected chi connectivity index (χ1v) is 9.64. The summed E-state index contributed by atoms with van der Waals surface area (Å²) in [6.07, 6.45) is -2.96. The molecule has 0 aliphatic carbocycles. The summed E-state index contributed by atoms with van der Waals surface area (Å²) in [4.78, 5) is 12.9. The van der Waals surface area contributed by atoms with Crippen LogP contribution >= 0.6 is 0 Å². The molecule has 32 heavy (non-hydrogen) atoms. The molecule has 10 nitrogen and oxygen atoms in total. The third-order valence-electron chi connectivity index (χ3n) is 4.88. The van der Waals surface area contributed by atoms with Crippen molar-refractivity contribution < 1.29 is 44.2 Å². The predicted octanol–water partition coefficient (Wildman–Crippen LogP) is 0.602. The van der Waals surface area contributed by atoms with E-state index in [-0.39, 0.29) is 28.0 Å². The molecule has 0 aliphatic heterocycles. The monoisotopic (exact) mass is 448 g/mol. The molecule has 0 saturated heterocycles. The lowest BCUT2D eigenvalue weighted by Crippen LogP contribution is -2.43. The summed E-state index contributed by atoms with van der Waals surface area (Å²) in [5.41, 5.74) is 0.498. The maximum atomic E-state index is 12.9. The minimum Gasteiger partial charge on any atom is -0.507 e. The molecule has 3 rings (SSSR count).